The highest BCUT2D eigenvalue weighted by Gasteiger charge is 2.15. The third kappa shape index (κ3) is 5.38. The van der Waals surface area contributed by atoms with Crippen molar-refractivity contribution < 1.29 is 4.79 Å². The number of carbonyl (C=O) groups excluding carboxylic acids is 1. The maximum atomic E-state index is 11.7. The van der Waals surface area contributed by atoms with Gasteiger partial charge >= 0.3 is 6.03 Å². The Kier molecular flexibility index (Phi) is 6.15. The molecule has 0 aromatic rings. The maximum Gasteiger partial charge on any atom is 0.317 e. The van der Waals surface area contributed by atoms with Gasteiger partial charge in [0.25, 0.3) is 0 Å². The van der Waals surface area contributed by atoms with Crippen LogP contribution in [0.3, 0.4) is 0 Å². The molecule has 1 rings (SSSR count). The molecule has 17 heavy (non-hydrogen) atoms. The van der Waals surface area contributed by atoms with Gasteiger partial charge in [-0.3, -0.25) is 0 Å². The van der Waals surface area contributed by atoms with Gasteiger partial charge in [0, 0.05) is 19.6 Å². The molecule has 0 radical (unpaired) electrons. The van der Waals surface area contributed by atoms with Gasteiger partial charge in [0.15, 0.2) is 0 Å². The number of allylic oxidation sites excluding steroid dienone is 3. The van der Waals surface area contributed by atoms with Gasteiger partial charge in [-0.15, -0.1) is 0 Å². The van der Waals surface area contributed by atoms with Gasteiger partial charge in [0.1, 0.15) is 0 Å². The zero-order chi connectivity index (χ0) is 12.5. The monoisotopic (exact) mass is 234 g/mol. The number of piperidine rings is 1. The summed E-state index contributed by atoms with van der Waals surface area (Å²) in [6.45, 7) is 9.93. The number of carbonyl (C=O) groups is 1. The van der Waals surface area contributed by atoms with Gasteiger partial charge < -0.3 is 10.2 Å². The van der Waals surface area contributed by atoms with E-state index in [1.807, 2.05) is 17.1 Å². The molecule has 0 unspecified atom stereocenters. The van der Waals surface area contributed by atoms with Crippen LogP contribution in [0.4, 0.5) is 4.79 Å². The summed E-state index contributed by atoms with van der Waals surface area (Å²) >= 11 is 0. The number of hydrogen-bond donors (Lipinski definition) is 1. The fourth-order valence-electron chi connectivity index (χ4n) is 1.83. The molecule has 2 amide bonds. The van der Waals surface area contributed by atoms with Crippen LogP contribution < -0.4 is 5.32 Å². The lowest BCUT2D eigenvalue weighted by Gasteiger charge is -2.26. The molecule has 1 aliphatic rings. The molecule has 0 spiro atoms. The lowest BCUT2D eigenvalue weighted by atomic mass is 10.1. The first-order valence-electron chi connectivity index (χ1n) is 6.23. The molecule has 0 bridgehead atoms. The second kappa shape index (κ2) is 7.71. The number of nitrogens with one attached hydrogen (secondary N) is 1. The van der Waals surface area contributed by atoms with Gasteiger partial charge in [-0.1, -0.05) is 37.0 Å². The molecule has 1 fully saturated rings. The first-order valence-corrected chi connectivity index (χ1v) is 6.23. The average Bonchev–Trinajstić information content (AvgIpc) is 2.37. The second-order valence-electron chi connectivity index (χ2n) is 4.28. The van der Waals surface area contributed by atoms with Crippen LogP contribution in [-0.4, -0.2) is 30.6 Å². The largest absolute Gasteiger partial charge is 0.338 e. The lowest BCUT2D eigenvalue weighted by molar-refractivity contribution is 0.186. The summed E-state index contributed by atoms with van der Waals surface area (Å²) in [4.78, 5) is 13.6. The number of rotatable bonds is 5. The van der Waals surface area contributed by atoms with Crippen LogP contribution in [-0.2, 0) is 0 Å². The Morgan fingerprint density at radius 2 is 2.00 bits per heavy atom. The van der Waals surface area contributed by atoms with E-state index in [0.29, 0.717) is 6.54 Å². The second-order valence-corrected chi connectivity index (χ2v) is 4.28. The molecule has 0 atom stereocenters. The molecule has 3 nitrogen and oxygen atoms in total. The minimum Gasteiger partial charge on any atom is -0.338 e. The van der Waals surface area contributed by atoms with Crippen molar-refractivity contribution in [2.45, 2.75) is 25.7 Å². The van der Waals surface area contributed by atoms with E-state index in [1.54, 1.807) is 6.08 Å². The van der Waals surface area contributed by atoms with Crippen LogP contribution >= 0.6 is 0 Å². The smallest absolute Gasteiger partial charge is 0.317 e. The Hall–Kier alpha value is -1.51. The van der Waals surface area contributed by atoms with Gasteiger partial charge in [-0.05, 0) is 25.7 Å². The van der Waals surface area contributed by atoms with Crippen molar-refractivity contribution >= 4 is 6.03 Å². The molecular formula is C14H22N2O. The van der Waals surface area contributed by atoms with E-state index >= 15 is 0 Å². The zero-order valence-corrected chi connectivity index (χ0v) is 10.5. The summed E-state index contributed by atoms with van der Waals surface area (Å²) in [7, 11) is 0. The van der Waals surface area contributed by atoms with Crippen molar-refractivity contribution in [1.29, 1.82) is 0 Å². The molecular weight excluding hydrogens is 212 g/mol. The van der Waals surface area contributed by atoms with E-state index in [-0.39, 0.29) is 6.03 Å². The molecule has 0 aliphatic carbocycles. The first-order chi connectivity index (χ1) is 8.24. The third-order valence-corrected chi connectivity index (χ3v) is 2.83. The van der Waals surface area contributed by atoms with E-state index in [0.717, 1.165) is 37.9 Å². The van der Waals surface area contributed by atoms with Crippen LogP contribution in [0.1, 0.15) is 25.7 Å². The third-order valence-electron chi connectivity index (χ3n) is 2.83. The van der Waals surface area contributed by atoms with Crippen molar-refractivity contribution in [2.24, 2.45) is 0 Å². The Morgan fingerprint density at radius 1 is 1.29 bits per heavy atom. The minimum atomic E-state index is 0.0604. The van der Waals surface area contributed by atoms with Gasteiger partial charge in [0.05, 0.1) is 0 Å². The summed E-state index contributed by atoms with van der Waals surface area (Å²) in [6, 6.07) is 0.0604. The highest BCUT2D eigenvalue weighted by atomic mass is 16.2. The molecule has 1 aliphatic heterocycles. The van der Waals surface area contributed by atoms with E-state index < -0.39 is 0 Å². The molecule has 0 aromatic heterocycles. The quantitative estimate of drug-likeness (QED) is 0.729. The van der Waals surface area contributed by atoms with Gasteiger partial charge in [0.2, 0.25) is 0 Å². The van der Waals surface area contributed by atoms with Crippen LogP contribution in [0.25, 0.3) is 0 Å². The Bertz CT molecular complexity index is 301. The van der Waals surface area contributed by atoms with Crippen LogP contribution in [0.15, 0.2) is 37.0 Å². The van der Waals surface area contributed by atoms with Crippen molar-refractivity contribution in [3.63, 3.8) is 0 Å². The summed E-state index contributed by atoms with van der Waals surface area (Å²) in [6.07, 6.45) is 9.77. The molecule has 1 heterocycles. The van der Waals surface area contributed by atoms with Crippen molar-refractivity contribution in [3.05, 3.63) is 37.0 Å². The average molecular weight is 234 g/mol. The van der Waals surface area contributed by atoms with Gasteiger partial charge in [-0.25, -0.2) is 4.79 Å². The summed E-state index contributed by atoms with van der Waals surface area (Å²) in [5.74, 6) is 0. The number of likely N-dealkylation sites (tertiary alicyclic amines) is 1. The van der Waals surface area contributed by atoms with Crippen LogP contribution in [0.2, 0.25) is 0 Å². The fourth-order valence-corrected chi connectivity index (χ4v) is 1.83. The van der Waals surface area contributed by atoms with E-state index in [4.69, 9.17) is 0 Å². The normalized spacial score (nSPS) is 15.9. The molecule has 0 aromatic carbocycles. The van der Waals surface area contributed by atoms with Crippen LogP contribution in [0, 0.1) is 0 Å². The molecule has 94 valence electrons. The predicted octanol–water partition coefficient (Wildman–Crippen LogP) is 2.87. The SMILES string of the molecule is C=C/C=C\C(=C)CCNC(=O)N1CCCCC1. The summed E-state index contributed by atoms with van der Waals surface area (Å²) in [5, 5.41) is 2.93. The van der Waals surface area contributed by atoms with Gasteiger partial charge in [-0.2, -0.15) is 0 Å². The van der Waals surface area contributed by atoms with Crippen LogP contribution in [0.5, 0.6) is 0 Å². The number of nitrogens with zero attached hydrogens (tertiary/aromatic N) is 1. The molecule has 3 heteroatoms. The van der Waals surface area contributed by atoms with E-state index in [2.05, 4.69) is 18.5 Å². The van der Waals surface area contributed by atoms with Crippen molar-refractivity contribution in [1.82, 2.24) is 10.2 Å². The minimum absolute atomic E-state index is 0.0604. The first kappa shape index (κ1) is 13.6. The molecule has 1 saturated heterocycles. The Labute approximate surface area is 104 Å². The maximum absolute atomic E-state index is 11.7. The number of urea groups is 1. The Morgan fingerprint density at radius 3 is 2.65 bits per heavy atom. The zero-order valence-electron chi connectivity index (χ0n) is 10.5. The topological polar surface area (TPSA) is 32.3 Å². The highest BCUT2D eigenvalue weighted by Crippen LogP contribution is 2.08. The number of amides is 2. The standard InChI is InChI=1S/C14H22N2O/c1-3-4-8-13(2)9-10-15-14(17)16-11-6-5-7-12-16/h3-4,8H,1-2,5-7,9-12H2,(H,15,17)/b8-4-. The molecule has 1 N–H and O–H groups in total. The highest BCUT2D eigenvalue weighted by molar-refractivity contribution is 5.74. The number of hydrogen-bond acceptors (Lipinski definition) is 1. The Balaban J connectivity index is 2.17. The fraction of sp³-hybridized carbons (Fsp3) is 0.500. The van der Waals surface area contributed by atoms with Crippen molar-refractivity contribution in [2.75, 3.05) is 19.6 Å². The van der Waals surface area contributed by atoms with Crippen molar-refractivity contribution in [3.8, 4) is 0 Å². The summed E-state index contributed by atoms with van der Waals surface area (Å²) < 4.78 is 0. The summed E-state index contributed by atoms with van der Waals surface area (Å²) in [5.41, 5.74) is 1.00. The van der Waals surface area contributed by atoms with E-state index in [9.17, 15) is 4.79 Å². The molecule has 0 saturated carbocycles. The lowest BCUT2D eigenvalue weighted by Crippen LogP contribution is -2.43. The predicted molar refractivity (Wildman–Crippen MR) is 71.9 cm³/mol. The van der Waals surface area contributed by atoms with E-state index in [1.165, 1.54) is 6.42 Å².